The lowest BCUT2D eigenvalue weighted by molar-refractivity contribution is -0.390. The summed E-state index contributed by atoms with van der Waals surface area (Å²) in [5, 5.41) is 10.4. The number of nitrogens with one attached hydrogen (secondary N) is 1. The number of pyridine rings is 1. The number of nitro groups is 1. The summed E-state index contributed by atoms with van der Waals surface area (Å²) in [5.74, 6) is -1.15. The SMILES string of the molecule is O=c1c(C(F)F)c[nH]c([N+](=O)[O-])c1CCl. The van der Waals surface area contributed by atoms with Crippen molar-refractivity contribution in [2.75, 3.05) is 0 Å². The Morgan fingerprint density at radius 1 is 1.60 bits per heavy atom. The molecule has 1 aromatic rings. The van der Waals surface area contributed by atoms with Crippen LogP contribution < -0.4 is 5.43 Å². The Morgan fingerprint density at radius 2 is 2.20 bits per heavy atom. The van der Waals surface area contributed by atoms with Gasteiger partial charge in [0.1, 0.15) is 17.3 Å². The topological polar surface area (TPSA) is 76.0 Å². The first-order valence-corrected chi connectivity index (χ1v) is 4.25. The van der Waals surface area contributed by atoms with Crippen molar-refractivity contribution >= 4 is 17.4 Å². The number of rotatable bonds is 3. The number of alkyl halides is 3. The predicted octanol–water partition coefficient (Wildman–Crippen LogP) is 1.96. The van der Waals surface area contributed by atoms with E-state index in [1.807, 2.05) is 4.98 Å². The smallest absolute Gasteiger partial charge is 0.329 e. The minimum absolute atomic E-state index is 0.459. The molecule has 0 aliphatic heterocycles. The molecule has 0 aliphatic carbocycles. The minimum atomic E-state index is -2.99. The molecule has 0 amide bonds. The maximum atomic E-state index is 12.2. The summed E-state index contributed by atoms with van der Waals surface area (Å²) in [6.07, 6.45) is -2.36. The summed E-state index contributed by atoms with van der Waals surface area (Å²) in [6.45, 7) is 0. The van der Waals surface area contributed by atoms with E-state index < -0.39 is 39.6 Å². The molecule has 0 saturated carbocycles. The number of aromatic amines is 1. The van der Waals surface area contributed by atoms with Crippen LogP contribution in [0.3, 0.4) is 0 Å². The van der Waals surface area contributed by atoms with Gasteiger partial charge in [-0.15, -0.1) is 11.6 Å². The summed E-state index contributed by atoms with van der Waals surface area (Å²) in [7, 11) is 0. The quantitative estimate of drug-likeness (QED) is 0.497. The Balaban J connectivity index is 3.46. The van der Waals surface area contributed by atoms with E-state index in [1.54, 1.807) is 0 Å². The molecule has 1 heterocycles. The van der Waals surface area contributed by atoms with Crippen molar-refractivity contribution in [1.29, 1.82) is 0 Å². The van der Waals surface area contributed by atoms with Crippen LogP contribution in [-0.4, -0.2) is 9.91 Å². The van der Waals surface area contributed by atoms with E-state index >= 15 is 0 Å². The summed E-state index contributed by atoms with van der Waals surface area (Å²) in [5.41, 5.74) is -2.37. The zero-order chi connectivity index (χ0) is 11.6. The van der Waals surface area contributed by atoms with Gasteiger partial charge in [0.2, 0.25) is 5.43 Å². The Labute approximate surface area is 86.8 Å². The summed E-state index contributed by atoms with van der Waals surface area (Å²) in [6, 6.07) is 0. The van der Waals surface area contributed by atoms with Crippen LogP contribution in [0.2, 0.25) is 0 Å². The number of halogens is 3. The normalized spacial score (nSPS) is 10.7. The highest BCUT2D eigenvalue weighted by molar-refractivity contribution is 6.17. The van der Waals surface area contributed by atoms with Gasteiger partial charge in [0.05, 0.1) is 5.88 Å². The monoisotopic (exact) mass is 238 g/mol. The lowest BCUT2D eigenvalue weighted by Gasteiger charge is -2.02. The molecule has 0 saturated heterocycles. The molecular weight excluding hydrogens is 234 g/mol. The van der Waals surface area contributed by atoms with E-state index in [0.717, 1.165) is 0 Å². The summed E-state index contributed by atoms with van der Waals surface area (Å²) < 4.78 is 24.5. The fourth-order valence-corrected chi connectivity index (χ4v) is 1.28. The molecule has 8 heteroatoms. The zero-order valence-electron chi connectivity index (χ0n) is 7.17. The summed E-state index contributed by atoms with van der Waals surface area (Å²) in [4.78, 5) is 22.8. The molecule has 1 aromatic heterocycles. The van der Waals surface area contributed by atoms with Crippen LogP contribution in [-0.2, 0) is 5.88 Å². The van der Waals surface area contributed by atoms with Gasteiger partial charge in [0.15, 0.2) is 0 Å². The van der Waals surface area contributed by atoms with Crippen LogP contribution in [0.25, 0.3) is 0 Å². The third-order valence-corrected chi connectivity index (χ3v) is 2.01. The van der Waals surface area contributed by atoms with E-state index in [9.17, 15) is 23.7 Å². The Morgan fingerprint density at radius 3 is 2.60 bits per heavy atom. The molecule has 0 bridgehead atoms. The molecule has 1 N–H and O–H groups in total. The highest BCUT2D eigenvalue weighted by Gasteiger charge is 2.22. The second-order valence-corrected chi connectivity index (χ2v) is 2.86. The molecule has 5 nitrogen and oxygen atoms in total. The van der Waals surface area contributed by atoms with Crippen LogP contribution in [0.4, 0.5) is 14.6 Å². The highest BCUT2D eigenvalue weighted by atomic mass is 35.5. The van der Waals surface area contributed by atoms with Gasteiger partial charge in [-0.3, -0.25) is 4.79 Å². The molecule has 0 atom stereocenters. The van der Waals surface area contributed by atoms with Gasteiger partial charge in [-0.25, -0.2) is 13.8 Å². The van der Waals surface area contributed by atoms with Gasteiger partial charge in [0, 0.05) is 0 Å². The fraction of sp³-hybridized carbons (Fsp3) is 0.286. The van der Waals surface area contributed by atoms with Crippen LogP contribution >= 0.6 is 11.6 Å². The molecule has 0 fully saturated rings. The molecule has 1 rings (SSSR count). The van der Waals surface area contributed by atoms with E-state index in [2.05, 4.69) is 0 Å². The zero-order valence-corrected chi connectivity index (χ0v) is 7.92. The van der Waals surface area contributed by atoms with Crippen LogP contribution in [0.15, 0.2) is 11.0 Å². The number of aromatic nitrogens is 1. The van der Waals surface area contributed by atoms with E-state index in [1.165, 1.54) is 0 Å². The second kappa shape index (κ2) is 4.35. The predicted molar refractivity (Wildman–Crippen MR) is 48.2 cm³/mol. The molecule has 15 heavy (non-hydrogen) atoms. The Hall–Kier alpha value is -1.50. The summed E-state index contributed by atoms with van der Waals surface area (Å²) >= 11 is 5.29. The number of hydrogen-bond acceptors (Lipinski definition) is 3. The minimum Gasteiger partial charge on any atom is -0.358 e. The van der Waals surface area contributed by atoms with Gasteiger partial charge in [-0.1, -0.05) is 0 Å². The molecule has 0 spiro atoms. The van der Waals surface area contributed by atoms with E-state index in [-0.39, 0.29) is 0 Å². The molecule has 82 valence electrons. The molecule has 0 aromatic carbocycles. The lowest BCUT2D eigenvalue weighted by Crippen LogP contribution is -2.17. The van der Waals surface area contributed by atoms with Crippen LogP contribution in [0, 0.1) is 10.1 Å². The van der Waals surface area contributed by atoms with E-state index in [4.69, 9.17) is 11.6 Å². The van der Waals surface area contributed by atoms with Crippen LogP contribution in [0.5, 0.6) is 0 Å². The Bertz CT molecular complexity index is 446. The number of H-pyrrole nitrogens is 1. The maximum Gasteiger partial charge on any atom is 0.329 e. The first kappa shape index (κ1) is 11.6. The lowest BCUT2D eigenvalue weighted by atomic mass is 10.2. The first-order valence-electron chi connectivity index (χ1n) is 3.72. The molecule has 0 aliphatic rings. The maximum absolute atomic E-state index is 12.2. The second-order valence-electron chi connectivity index (χ2n) is 2.59. The van der Waals surface area contributed by atoms with Crippen molar-refractivity contribution in [3.05, 3.63) is 37.7 Å². The highest BCUT2D eigenvalue weighted by Crippen LogP contribution is 2.19. The van der Waals surface area contributed by atoms with Crippen molar-refractivity contribution in [3.8, 4) is 0 Å². The third kappa shape index (κ3) is 2.12. The van der Waals surface area contributed by atoms with Gasteiger partial charge >= 0.3 is 5.82 Å². The number of nitrogens with zero attached hydrogens (tertiary/aromatic N) is 1. The van der Waals surface area contributed by atoms with Gasteiger partial charge < -0.3 is 10.1 Å². The van der Waals surface area contributed by atoms with Crippen LogP contribution in [0.1, 0.15) is 17.6 Å². The van der Waals surface area contributed by atoms with Gasteiger partial charge in [0.25, 0.3) is 6.43 Å². The van der Waals surface area contributed by atoms with Crippen molar-refractivity contribution in [2.24, 2.45) is 0 Å². The van der Waals surface area contributed by atoms with Crippen molar-refractivity contribution in [2.45, 2.75) is 12.3 Å². The van der Waals surface area contributed by atoms with Crippen molar-refractivity contribution in [1.82, 2.24) is 4.98 Å². The standard InChI is InChI=1S/C7H5ClF2N2O3/c8-1-3-5(13)4(6(9)10)2-11-7(3)12(14)15/h2,6H,1H2,(H,11,13). The average molecular weight is 239 g/mol. The Kier molecular flexibility index (Phi) is 3.35. The van der Waals surface area contributed by atoms with Gasteiger partial charge in [-0.2, -0.15) is 0 Å². The largest absolute Gasteiger partial charge is 0.358 e. The van der Waals surface area contributed by atoms with Crippen molar-refractivity contribution in [3.63, 3.8) is 0 Å². The average Bonchev–Trinajstić information content (AvgIpc) is 2.16. The fourth-order valence-electron chi connectivity index (χ4n) is 1.03. The molecule has 0 radical (unpaired) electrons. The van der Waals surface area contributed by atoms with E-state index in [0.29, 0.717) is 6.20 Å². The van der Waals surface area contributed by atoms with Crippen molar-refractivity contribution < 1.29 is 13.7 Å². The molecular formula is C7H5ClF2N2O3. The molecule has 0 unspecified atom stereocenters. The third-order valence-electron chi connectivity index (χ3n) is 1.74. The van der Waals surface area contributed by atoms with Gasteiger partial charge in [-0.05, 0) is 4.92 Å². The first-order chi connectivity index (χ1) is 6.99. The number of hydrogen-bond donors (Lipinski definition) is 1.